The Morgan fingerprint density at radius 3 is 2.71 bits per heavy atom. The Kier molecular flexibility index (Phi) is 5.77. The molecule has 0 unspecified atom stereocenters. The first kappa shape index (κ1) is 16.0. The van der Waals surface area contributed by atoms with Gasteiger partial charge < -0.3 is 14.9 Å². The Morgan fingerprint density at radius 1 is 1.29 bits per heavy atom. The SMILES string of the molecule is CN(Cc1ccccc1C#CCO)CC1(O)CCOCC1. The second-order valence-electron chi connectivity index (χ2n) is 5.63. The molecule has 21 heavy (non-hydrogen) atoms. The molecule has 1 aromatic rings. The zero-order valence-corrected chi connectivity index (χ0v) is 12.5. The topological polar surface area (TPSA) is 52.9 Å². The molecule has 4 nitrogen and oxygen atoms in total. The summed E-state index contributed by atoms with van der Waals surface area (Å²) in [7, 11) is 2.00. The third-order valence-corrected chi connectivity index (χ3v) is 3.75. The van der Waals surface area contributed by atoms with Crippen LogP contribution in [0.4, 0.5) is 0 Å². The highest BCUT2D eigenvalue weighted by molar-refractivity contribution is 5.41. The summed E-state index contributed by atoms with van der Waals surface area (Å²) < 4.78 is 5.31. The van der Waals surface area contributed by atoms with Gasteiger partial charge in [-0.1, -0.05) is 30.0 Å². The maximum atomic E-state index is 10.5. The molecule has 0 aromatic heterocycles. The van der Waals surface area contributed by atoms with E-state index in [2.05, 4.69) is 16.7 Å². The summed E-state index contributed by atoms with van der Waals surface area (Å²) in [6.07, 6.45) is 1.37. The van der Waals surface area contributed by atoms with Crippen molar-refractivity contribution in [3.8, 4) is 11.8 Å². The number of benzene rings is 1. The van der Waals surface area contributed by atoms with Crippen molar-refractivity contribution in [2.75, 3.05) is 33.4 Å². The van der Waals surface area contributed by atoms with Crippen LogP contribution in [0.5, 0.6) is 0 Å². The molecule has 0 bridgehead atoms. The van der Waals surface area contributed by atoms with E-state index in [1.54, 1.807) is 0 Å². The first-order chi connectivity index (χ1) is 10.1. The van der Waals surface area contributed by atoms with Gasteiger partial charge in [-0.3, -0.25) is 4.90 Å². The van der Waals surface area contributed by atoms with E-state index < -0.39 is 5.60 Å². The molecule has 0 aliphatic carbocycles. The number of likely N-dealkylation sites (N-methyl/N-ethyl adjacent to an activating group) is 1. The van der Waals surface area contributed by atoms with Crippen LogP contribution in [0.1, 0.15) is 24.0 Å². The molecule has 1 aliphatic rings. The molecule has 1 heterocycles. The van der Waals surface area contributed by atoms with E-state index >= 15 is 0 Å². The van der Waals surface area contributed by atoms with Gasteiger partial charge in [0.15, 0.2) is 0 Å². The normalized spacial score (nSPS) is 17.3. The Balaban J connectivity index is 2.00. The Morgan fingerprint density at radius 2 is 2.00 bits per heavy atom. The van der Waals surface area contributed by atoms with Crippen molar-refractivity contribution >= 4 is 0 Å². The van der Waals surface area contributed by atoms with E-state index in [0.29, 0.717) is 32.6 Å². The van der Waals surface area contributed by atoms with Crippen LogP contribution in [0.3, 0.4) is 0 Å². The average molecular weight is 289 g/mol. The van der Waals surface area contributed by atoms with E-state index in [1.807, 2.05) is 31.3 Å². The predicted molar refractivity (Wildman–Crippen MR) is 81.7 cm³/mol. The standard InChI is InChI=1S/C17H23NO3/c1-18(14-17(20)8-11-21-12-9-17)13-16-6-3-2-5-15(16)7-4-10-19/h2-3,5-6,19-20H,8-14H2,1H3. The van der Waals surface area contributed by atoms with Crippen molar-refractivity contribution < 1.29 is 14.9 Å². The van der Waals surface area contributed by atoms with E-state index in [0.717, 1.165) is 17.7 Å². The van der Waals surface area contributed by atoms with Gasteiger partial charge in [0.25, 0.3) is 0 Å². The minimum absolute atomic E-state index is 0.135. The molecule has 2 N–H and O–H groups in total. The number of aliphatic hydroxyl groups is 2. The van der Waals surface area contributed by atoms with Gasteiger partial charge in [0.2, 0.25) is 0 Å². The van der Waals surface area contributed by atoms with Crippen molar-refractivity contribution in [3.63, 3.8) is 0 Å². The van der Waals surface area contributed by atoms with Gasteiger partial charge >= 0.3 is 0 Å². The van der Waals surface area contributed by atoms with Crippen molar-refractivity contribution in [1.82, 2.24) is 4.90 Å². The quantitative estimate of drug-likeness (QED) is 0.812. The second-order valence-corrected chi connectivity index (χ2v) is 5.63. The van der Waals surface area contributed by atoms with Gasteiger partial charge in [-0.15, -0.1) is 0 Å². The van der Waals surface area contributed by atoms with Crippen LogP contribution in [0.25, 0.3) is 0 Å². The third kappa shape index (κ3) is 4.83. The molecule has 1 saturated heterocycles. The van der Waals surface area contributed by atoms with Crippen LogP contribution in [-0.4, -0.2) is 54.1 Å². The van der Waals surface area contributed by atoms with Crippen LogP contribution in [0.15, 0.2) is 24.3 Å². The first-order valence-electron chi connectivity index (χ1n) is 7.29. The number of hydrogen-bond donors (Lipinski definition) is 2. The number of aliphatic hydroxyl groups excluding tert-OH is 1. The van der Waals surface area contributed by atoms with Gasteiger partial charge in [0, 0.05) is 44.7 Å². The summed E-state index contributed by atoms with van der Waals surface area (Å²) >= 11 is 0. The van der Waals surface area contributed by atoms with Gasteiger partial charge in [-0.05, 0) is 18.7 Å². The van der Waals surface area contributed by atoms with Crippen molar-refractivity contribution in [2.45, 2.75) is 25.0 Å². The molecule has 114 valence electrons. The van der Waals surface area contributed by atoms with Crippen LogP contribution in [-0.2, 0) is 11.3 Å². The lowest BCUT2D eigenvalue weighted by molar-refractivity contribution is -0.0777. The summed E-state index contributed by atoms with van der Waals surface area (Å²) in [5.41, 5.74) is 1.38. The summed E-state index contributed by atoms with van der Waals surface area (Å²) in [4.78, 5) is 2.12. The van der Waals surface area contributed by atoms with Crippen molar-refractivity contribution in [2.24, 2.45) is 0 Å². The highest BCUT2D eigenvalue weighted by Crippen LogP contribution is 2.22. The van der Waals surface area contributed by atoms with E-state index in [9.17, 15) is 5.11 Å². The smallest absolute Gasteiger partial charge is 0.104 e. The Hall–Kier alpha value is -1.38. The van der Waals surface area contributed by atoms with Crippen LogP contribution in [0.2, 0.25) is 0 Å². The van der Waals surface area contributed by atoms with Gasteiger partial charge in [0.1, 0.15) is 6.61 Å². The molecule has 1 fully saturated rings. The van der Waals surface area contributed by atoms with E-state index in [4.69, 9.17) is 9.84 Å². The molecule has 0 radical (unpaired) electrons. The fourth-order valence-electron chi connectivity index (χ4n) is 2.67. The monoisotopic (exact) mass is 289 g/mol. The summed E-state index contributed by atoms with van der Waals surface area (Å²) in [5.74, 6) is 5.66. The van der Waals surface area contributed by atoms with Crippen molar-refractivity contribution in [1.29, 1.82) is 0 Å². The van der Waals surface area contributed by atoms with Crippen LogP contribution < -0.4 is 0 Å². The lowest BCUT2D eigenvalue weighted by atomic mass is 9.93. The van der Waals surface area contributed by atoms with E-state index in [-0.39, 0.29) is 6.61 Å². The van der Waals surface area contributed by atoms with Crippen LogP contribution in [0, 0.1) is 11.8 Å². The minimum atomic E-state index is -0.654. The maximum absolute atomic E-state index is 10.5. The van der Waals surface area contributed by atoms with Crippen LogP contribution >= 0.6 is 0 Å². The summed E-state index contributed by atoms with van der Waals surface area (Å²) in [6.45, 7) is 2.47. The molecule has 0 saturated carbocycles. The zero-order chi connectivity index (χ0) is 15.1. The average Bonchev–Trinajstić information content (AvgIpc) is 2.46. The number of nitrogens with zero attached hydrogens (tertiary/aromatic N) is 1. The largest absolute Gasteiger partial charge is 0.388 e. The molecular formula is C17H23NO3. The second kappa shape index (κ2) is 7.58. The molecule has 1 aromatic carbocycles. The number of ether oxygens (including phenoxy) is 1. The van der Waals surface area contributed by atoms with Gasteiger partial charge in [0.05, 0.1) is 5.60 Å². The predicted octanol–water partition coefficient (Wildman–Crippen LogP) is 1.00. The number of hydrogen-bond acceptors (Lipinski definition) is 4. The molecule has 0 atom stereocenters. The lowest BCUT2D eigenvalue weighted by Gasteiger charge is -2.35. The minimum Gasteiger partial charge on any atom is -0.388 e. The Labute approximate surface area is 126 Å². The van der Waals surface area contributed by atoms with Crippen molar-refractivity contribution in [3.05, 3.63) is 35.4 Å². The molecule has 2 rings (SSSR count). The highest BCUT2D eigenvalue weighted by atomic mass is 16.5. The molecule has 0 spiro atoms. The zero-order valence-electron chi connectivity index (χ0n) is 12.5. The summed E-state index contributed by atoms with van der Waals surface area (Å²) in [5, 5.41) is 19.4. The molecule has 1 aliphatic heterocycles. The maximum Gasteiger partial charge on any atom is 0.104 e. The van der Waals surface area contributed by atoms with E-state index in [1.165, 1.54) is 0 Å². The molecular weight excluding hydrogens is 266 g/mol. The number of rotatable bonds is 4. The third-order valence-electron chi connectivity index (χ3n) is 3.75. The fourth-order valence-corrected chi connectivity index (χ4v) is 2.67. The highest BCUT2D eigenvalue weighted by Gasteiger charge is 2.30. The molecule has 0 amide bonds. The lowest BCUT2D eigenvalue weighted by Crippen LogP contribution is -2.45. The van der Waals surface area contributed by atoms with Gasteiger partial charge in [-0.2, -0.15) is 0 Å². The Bertz CT molecular complexity index is 512. The van der Waals surface area contributed by atoms with Gasteiger partial charge in [-0.25, -0.2) is 0 Å². The molecule has 4 heteroatoms. The fraction of sp³-hybridized carbons (Fsp3) is 0.529. The summed E-state index contributed by atoms with van der Waals surface area (Å²) in [6, 6.07) is 7.91. The first-order valence-corrected chi connectivity index (χ1v) is 7.29.